The average molecular weight is 876 g/mol. The van der Waals surface area contributed by atoms with E-state index in [0.29, 0.717) is 18.0 Å². The standard InChI is InChI=1S/C61H57N5O/c1-59(2,3)44-25-22-42(23-26-44)52-38-63-58(36-53(52)61(7,8)9)66-54-29-21-40(37-62)31-51(54)50-28-27-49(35-56(50)66)67-48-20-14-19-47(34-48)65-39-64(46-18-13-17-45(33-46)60(4,5)6)55-30-24-43(32-57(55)65)41-15-11-10-12-16-41/h10-36,38H,39H2,1-9H3. The summed E-state index contributed by atoms with van der Waals surface area (Å²) in [5, 5.41) is 12.0. The Kier molecular flexibility index (Phi) is 10.6. The fraction of sp³-hybridized carbons (Fsp3) is 0.213. The second-order valence-corrected chi connectivity index (χ2v) is 21.0. The number of benzene rings is 7. The van der Waals surface area contributed by atoms with E-state index < -0.39 is 0 Å². The van der Waals surface area contributed by atoms with Gasteiger partial charge in [0.15, 0.2) is 0 Å². The molecule has 1 aliphatic heterocycles. The number of nitriles is 1. The van der Waals surface area contributed by atoms with Crippen molar-refractivity contribution in [2.75, 3.05) is 16.5 Å². The predicted octanol–water partition coefficient (Wildman–Crippen LogP) is 16.3. The van der Waals surface area contributed by atoms with Gasteiger partial charge in [-0.3, -0.25) is 4.57 Å². The van der Waals surface area contributed by atoms with Crippen LogP contribution in [0.1, 0.15) is 84.6 Å². The zero-order valence-corrected chi connectivity index (χ0v) is 40.0. The van der Waals surface area contributed by atoms with Gasteiger partial charge in [-0.2, -0.15) is 5.26 Å². The molecule has 0 bridgehead atoms. The summed E-state index contributed by atoms with van der Waals surface area (Å²) in [7, 11) is 0. The number of ether oxygens (including phenoxy) is 1. The summed E-state index contributed by atoms with van der Waals surface area (Å²) in [5.41, 5.74) is 15.3. The molecular weight excluding hydrogens is 819 g/mol. The minimum absolute atomic E-state index is 0.0217. The molecule has 332 valence electrons. The molecule has 0 aliphatic carbocycles. The highest BCUT2D eigenvalue weighted by Crippen LogP contribution is 2.47. The molecule has 0 saturated carbocycles. The van der Waals surface area contributed by atoms with E-state index in [9.17, 15) is 5.26 Å². The number of pyridine rings is 1. The monoisotopic (exact) mass is 875 g/mol. The minimum Gasteiger partial charge on any atom is -0.457 e. The molecule has 0 atom stereocenters. The molecule has 10 rings (SSSR count). The number of nitrogens with zero attached hydrogens (tertiary/aromatic N) is 5. The van der Waals surface area contributed by atoms with E-state index in [1.54, 1.807) is 0 Å². The van der Waals surface area contributed by atoms with Gasteiger partial charge in [-0.15, -0.1) is 0 Å². The number of hydrogen-bond acceptors (Lipinski definition) is 5. The first kappa shape index (κ1) is 43.3. The summed E-state index contributed by atoms with van der Waals surface area (Å²) >= 11 is 0. The Bertz CT molecular complexity index is 3370. The van der Waals surface area contributed by atoms with Crippen molar-refractivity contribution in [1.82, 2.24) is 9.55 Å². The van der Waals surface area contributed by atoms with Crippen LogP contribution in [-0.2, 0) is 16.2 Å². The summed E-state index contributed by atoms with van der Waals surface area (Å²) in [4.78, 5) is 9.98. The van der Waals surface area contributed by atoms with Crippen molar-refractivity contribution in [2.45, 2.75) is 78.6 Å². The highest BCUT2D eigenvalue weighted by Gasteiger charge is 2.30. The van der Waals surface area contributed by atoms with Crippen molar-refractivity contribution in [3.05, 3.63) is 192 Å². The lowest BCUT2D eigenvalue weighted by Crippen LogP contribution is -2.24. The maximum absolute atomic E-state index is 9.97. The normalized spacial score (nSPS) is 13.0. The van der Waals surface area contributed by atoms with Gasteiger partial charge in [0.2, 0.25) is 0 Å². The first-order chi connectivity index (χ1) is 32.0. The van der Waals surface area contributed by atoms with Gasteiger partial charge < -0.3 is 14.5 Å². The summed E-state index contributed by atoms with van der Waals surface area (Å²) in [6.45, 7) is 20.9. The van der Waals surface area contributed by atoms with Crippen LogP contribution in [0.15, 0.2) is 170 Å². The van der Waals surface area contributed by atoms with Crippen molar-refractivity contribution >= 4 is 44.6 Å². The molecule has 0 amide bonds. The molecule has 0 radical (unpaired) electrons. The van der Waals surface area contributed by atoms with E-state index in [2.05, 4.69) is 216 Å². The molecule has 0 unspecified atom stereocenters. The first-order valence-corrected chi connectivity index (χ1v) is 23.3. The lowest BCUT2D eigenvalue weighted by molar-refractivity contribution is 0.483. The van der Waals surface area contributed by atoms with Gasteiger partial charge in [-0.25, -0.2) is 4.98 Å². The first-order valence-electron chi connectivity index (χ1n) is 23.3. The minimum atomic E-state index is -0.172. The molecular formula is C61H57N5O. The molecule has 0 fully saturated rings. The maximum Gasteiger partial charge on any atom is 0.137 e. The Hall–Kier alpha value is -7.62. The second kappa shape index (κ2) is 16.4. The fourth-order valence-corrected chi connectivity index (χ4v) is 9.45. The number of hydrogen-bond donors (Lipinski definition) is 0. The van der Waals surface area contributed by atoms with Crippen LogP contribution in [-0.4, -0.2) is 16.2 Å². The Morgan fingerprint density at radius 3 is 1.91 bits per heavy atom. The highest BCUT2D eigenvalue weighted by molar-refractivity contribution is 6.10. The van der Waals surface area contributed by atoms with Crippen molar-refractivity contribution in [1.29, 1.82) is 5.26 Å². The van der Waals surface area contributed by atoms with Crippen LogP contribution in [0.2, 0.25) is 0 Å². The Morgan fingerprint density at radius 1 is 0.507 bits per heavy atom. The van der Waals surface area contributed by atoms with Crippen molar-refractivity contribution < 1.29 is 4.74 Å². The zero-order valence-electron chi connectivity index (χ0n) is 40.0. The van der Waals surface area contributed by atoms with Crippen LogP contribution in [0.5, 0.6) is 11.5 Å². The quantitative estimate of drug-likeness (QED) is 0.160. The van der Waals surface area contributed by atoms with Gasteiger partial charge in [-0.05, 0) is 122 Å². The fourth-order valence-electron chi connectivity index (χ4n) is 9.45. The molecule has 6 heteroatoms. The van der Waals surface area contributed by atoms with Crippen molar-refractivity contribution in [3.8, 4) is 45.6 Å². The third kappa shape index (κ3) is 8.21. The van der Waals surface area contributed by atoms with E-state index in [1.807, 2.05) is 36.5 Å². The smallest absolute Gasteiger partial charge is 0.137 e. The lowest BCUT2D eigenvalue weighted by atomic mass is 9.81. The molecule has 67 heavy (non-hydrogen) atoms. The molecule has 0 N–H and O–H groups in total. The van der Waals surface area contributed by atoms with Gasteiger partial charge >= 0.3 is 0 Å². The summed E-state index contributed by atoms with van der Waals surface area (Å²) in [5.74, 6) is 2.24. The molecule has 0 saturated heterocycles. The molecule has 6 nitrogen and oxygen atoms in total. The van der Waals surface area contributed by atoms with Crippen LogP contribution >= 0.6 is 0 Å². The van der Waals surface area contributed by atoms with E-state index in [4.69, 9.17) is 9.72 Å². The largest absolute Gasteiger partial charge is 0.457 e. The molecule has 0 spiro atoms. The molecule has 9 aromatic rings. The average Bonchev–Trinajstić information content (AvgIpc) is 3.86. The summed E-state index contributed by atoms with van der Waals surface area (Å²) in [6.07, 6.45) is 2.02. The second-order valence-electron chi connectivity index (χ2n) is 21.0. The highest BCUT2D eigenvalue weighted by atomic mass is 16.5. The predicted molar refractivity (Wildman–Crippen MR) is 279 cm³/mol. The summed E-state index contributed by atoms with van der Waals surface area (Å²) < 4.78 is 9.04. The molecule has 2 aromatic heterocycles. The van der Waals surface area contributed by atoms with Crippen LogP contribution in [0, 0.1) is 11.3 Å². The van der Waals surface area contributed by atoms with Gasteiger partial charge in [-0.1, -0.05) is 141 Å². The van der Waals surface area contributed by atoms with Crippen LogP contribution in [0.4, 0.5) is 22.7 Å². The van der Waals surface area contributed by atoms with E-state index in [1.165, 1.54) is 27.8 Å². The number of aromatic nitrogens is 2. The van der Waals surface area contributed by atoms with Gasteiger partial charge in [0.05, 0.1) is 34.0 Å². The third-order valence-electron chi connectivity index (χ3n) is 13.2. The Morgan fingerprint density at radius 2 is 1.19 bits per heavy atom. The maximum atomic E-state index is 9.97. The molecule has 3 heterocycles. The topological polar surface area (TPSA) is 57.3 Å². The number of rotatable bonds is 7. The van der Waals surface area contributed by atoms with E-state index in [0.717, 1.165) is 67.2 Å². The third-order valence-corrected chi connectivity index (χ3v) is 13.2. The Balaban J connectivity index is 1.04. The van der Waals surface area contributed by atoms with Crippen molar-refractivity contribution in [3.63, 3.8) is 0 Å². The van der Waals surface area contributed by atoms with Gasteiger partial charge in [0.25, 0.3) is 0 Å². The van der Waals surface area contributed by atoms with Gasteiger partial charge in [0.1, 0.15) is 24.0 Å². The van der Waals surface area contributed by atoms with Crippen LogP contribution in [0.25, 0.3) is 49.9 Å². The van der Waals surface area contributed by atoms with Crippen LogP contribution in [0.3, 0.4) is 0 Å². The molecule has 1 aliphatic rings. The van der Waals surface area contributed by atoms with Gasteiger partial charge in [0, 0.05) is 46.0 Å². The van der Waals surface area contributed by atoms with E-state index >= 15 is 0 Å². The molecule has 7 aromatic carbocycles. The Labute approximate surface area is 395 Å². The summed E-state index contributed by atoms with van der Waals surface area (Å²) in [6, 6.07) is 60.4. The number of anilines is 4. The zero-order chi connectivity index (χ0) is 46.8. The van der Waals surface area contributed by atoms with Crippen LogP contribution < -0.4 is 14.5 Å². The van der Waals surface area contributed by atoms with E-state index in [-0.39, 0.29) is 16.2 Å². The lowest BCUT2D eigenvalue weighted by Gasteiger charge is -2.25. The van der Waals surface area contributed by atoms with Crippen molar-refractivity contribution in [2.24, 2.45) is 0 Å². The number of fused-ring (bicyclic) bond motifs is 4. The SMILES string of the molecule is CC(C)(C)c1ccc(-c2cnc(-n3c4ccc(C#N)cc4c4ccc(Oc5cccc(N6CN(c7cccc(C(C)(C)C)c7)c7ccc(-c8ccccc8)cc76)c5)cc43)cc2C(C)(C)C)cc1.